The van der Waals surface area contributed by atoms with Gasteiger partial charge in [0.15, 0.2) is 5.78 Å². The molecule has 1 aliphatic rings. The van der Waals surface area contributed by atoms with Gasteiger partial charge >= 0.3 is 0 Å². The average molecular weight is 375 g/mol. The summed E-state index contributed by atoms with van der Waals surface area (Å²) in [5, 5.41) is 4.28. The van der Waals surface area contributed by atoms with Gasteiger partial charge in [0.25, 0.3) is 0 Å². The monoisotopic (exact) mass is 375 g/mol. The standard InChI is InChI=1S/C18H21N3O4S/c1-26(24,25)20-18(23)6-3-9-21-12-15(11-19-21)14-8-7-13-4-2-5-17(22)16(13)10-14/h7-8,10-12H,2-6,9H2,1H3,(H,20,23). The minimum absolute atomic E-state index is 0.107. The maximum atomic E-state index is 12.1. The number of ketones is 1. The number of nitrogens with one attached hydrogen (secondary N) is 1. The summed E-state index contributed by atoms with van der Waals surface area (Å²) in [6.45, 7) is 0.501. The van der Waals surface area contributed by atoms with Gasteiger partial charge in [-0.3, -0.25) is 19.0 Å². The Kier molecular flexibility index (Phi) is 5.22. The zero-order valence-corrected chi connectivity index (χ0v) is 15.4. The van der Waals surface area contributed by atoms with Crippen molar-refractivity contribution in [1.82, 2.24) is 14.5 Å². The van der Waals surface area contributed by atoms with Crippen molar-refractivity contribution in [2.24, 2.45) is 0 Å². The third kappa shape index (κ3) is 4.57. The van der Waals surface area contributed by atoms with E-state index in [1.54, 1.807) is 10.9 Å². The van der Waals surface area contributed by atoms with Crippen LogP contribution in [0.5, 0.6) is 0 Å². The highest BCUT2D eigenvalue weighted by Crippen LogP contribution is 2.27. The van der Waals surface area contributed by atoms with Crippen LogP contribution in [0.1, 0.15) is 41.6 Å². The summed E-state index contributed by atoms with van der Waals surface area (Å²) in [6.07, 6.45) is 7.58. The Balaban J connectivity index is 1.62. The third-order valence-electron chi connectivity index (χ3n) is 4.32. The highest BCUT2D eigenvalue weighted by atomic mass is 32.2. The van der Waals surface area contributed by atoms with Gasteiger partial charge < -0.3 is 0 Å². The van der Waals surface area contributed by atoms with Crippen LogP contribution in [0.25, 0.3) is 11.1 Å². The van der Waals surface area contributed by atoms with Gasteiger partial charge in [-0.2, -0.15) is 5.10 Å². The van der Waals surface area contributed by atoms with Crippen LogP contribution in [-0.4, -0.2) is 36.1 Å². The molecular weight excluding hydrogens is 354 g/mol. The van der Waals surface area contributed by atoms with Crippen LogP contribution < -0.4 is 4.72 Å². The van der Waals surface area contributed by atoms with Crippen molar-refractivity contribution in [3.05, 3.63) is 41.7 Å². The van der Waals surface area contributed by atoms with Gasteiger partial charge in [0.05, 0.1) is 12.5 Å². The van der Waals surface area contributed by atoms with Crippen LogP contribution in [0.4, 0.5) is 0 Å². The van der Waals surface area contributed by atoms with Crippen molar-refractivity contribution in [2.75, 3.05) is 6.26 Å². The van der Waals surface area contributed by atoms with Gasteiger partial charge in [0, 0.05) is 36.7 Å². The quantitative estimate of drug-likeness (QED) is 0.832. The molecule has 0 fully saturated rings. The molecule has 1 N–H and O–H groups in total. The molecule has 7 nitrogen and oxygen atoms in total. The second-order valence-corrected chi connectivity index (χ2v) is 8.29. The fraction of sp³-hybridized carbons (Fsp3) is 0.389. The zero-order chi connectivity index (χ0) is 18.7. The van der Waals surface area contributed by atoms with Crippen molar-refractivity contribution < 1.29 is 18.0 Å². The van der Waals surface area contributed by atoms with Gasteiger partial charge in [-0.25, -0.2) is 8.42 Å². The molecule has 3 rings (SSSR count). The van der Waals surface area contributed by atoms with Crippen LogP contribution in [0, 0.1) is 0 Å². The lowest BCUT2D eigenvalue weighted by atomic mass is 9.88. The first-order valence-corrected chi connectivity index (χ1v) is 10.4. The first-order chi connectivity index (χ1) is 12.3. The lowest BCUT2D eigenvalue weighted by molar-refractivity contribution is -0.119. The molecule has 1 heterocycles. The molecule has 1 aliphatic carbocycles. The van der Waals surface area contributed by atoms with Crippen molar-refractivity contribution in [3.63, 3.8) is 0 Å². The van der Waals surface area contributed by atoms with E-state index in [4.69, 9.17) is 0 Å². The molecule has 0 aliphatic heterocycles. The number of fused-ring (bicyclic) bond motifs is 1. The van der Waals surface area contributed by atoms with Gasteiger partial charge in [-0.1, -0.05) is 12.1 Å². The highest BCUT2D eigenvalue weighted by molar-refractivity contribution is 7.89. The van der Waals surface area contributed by atoms with E-state index in [1.165, 1.54) is 0 Å². The minimum atomic E-state index is -3.51. The van der Waals surface area contributed by atoms with Crippen molar-refractivity contribution in [2.45, 2.75) is 38.6 Å². The summed E-state index contributed by atoms with van der Waals surface area (Å²) in [6, 6.07) is 5.94. The predicted molar refractivity (Wildman–Crippen MR) is 97.2 cm³/mol. The molecule has 0 saturated heterocycles. The Labute approximate surface area is 152 Å². The van der Waals surface area contributed by atoms with E-state index in [2.05, 4.69) is 5.10 Å². The van der Waals surface area contributed by atoms with E-state index in [0.29, 0.717) is 19.4 Å². The van der Waals surface area contributed by atoms with Crippen LogP contribution >= 0.6 is 0 Å². The second kappa shape index (κ2) is 7.41. The number of carbonyl (C=O) groups is 2. The van der Waals surface area contributed by atoms with Crippen LogP contribution in [-0.2, 0) is 27.8 Å². The third-order valence-corrected chi connectivity index (χ3v) is 4.92. The summed E-state index contributed by atoms with van der Waals surface area (Å²) in [5.74, 6) is -0.328. The van der Waals surface area contributed by atoms with E-state index >= 15 is 0 Å². The second-order valence-electron chi connectivity index (χ2n) is 6.54. The zero-order valence-electron chi connectivity index (χ0n) is 14.6. The fourth-order valence-electron chi connectivity index (χ4n) is 3.10. The largest absolute Gasteiger partial charge is 0.294 e. The lowest BCUT2D eigenvalue weighted by Gasteiger charge is -2.15. The molecule has 1 amide bonds. The molecule has 0 radical (unpaired) electrons. The number of hydrogen-bond donors (Lipinski definition) is 1. The SMILES string of the molecule is CS(=O)(=O)NC(=O)CCCn1cc(-c2ccc3c(c2)C(=O)CCC3)cn1. The van der Waals surface area contributed by atoms with E-state index in [1.807, 2.05) is 29.1 Å². The van der Waals surface area contributed by atoms with Crippen LogP contribution in [0.3, 0.4) is 0 Å². The summed E-state index contributed by atoms with van der Waals surface area (Å²) < 4.78 is 25.6. The Hall–Kier alpha value is -2.48. The first-order valence-electron chi connectivity index (χ1n) is 8.51. The molecule has 0 unspecified atom stereocenters. The smallest absolute Gasteiger partial charge is 0.233 e. The molecule has 26 heavy (non-hydrogen) atoms. The number of Topliss-reactive ketones (excluding diaryl/α,β-unsaturated/α-hetero) is 1. The molecule has 0 bridgehead atoms. The Morgan fingerprint density at radius 2 is 2.08 bits per heavy atom. The van der Waals surface area contributed by atoms with Crippen molar-refractivity contribution in [1.29, 1.82) is 0 Å². The molecule has 8 heteroatoms. The van der Waals surface area contributed by atoms with Gasteiger partial charge in [0.2, 0.25) is 15.9 Å². The predicted octanol–water partition coefficient (Wildman–Crippen LogP) is 1.93. The Morgan fingerprint density at radius 3 is 2.85 bits per heavy atom. The number of benzene rings is 1. The molecule has 1 aromatic carbocycles. The summed E-state index contributed by atoms with van der Waals surface area (Å²) in [7, 11) is -3.51. The van der Waals surface area contributed by atoms with E-state index in [-0.39, 0.29) is 12.2 Å². The lowest BCUT2D eigenvalue weighted by Crippen LogP contribution is -2.29. The number of aryl methyl sites for hydroxylation is 2. The maximum absolute atomic E-state index is 12.1. The molecule has 0 saturated carbocycles. The van der Waals surface area contributed by atoms with Gasteiger partial charge in [-0.05, 0) is 36.5 Å². The maximum Gasteiger partial charge on any atom is 0.233 e. The average Bonchev–Trinajstić information content (AvgIpc) is 3.02. The van der Waals surface area contributed by atoms with Gasteiger partial charge in [0.1, 0.15) is 0 Å². The Bertz CT molecular complexity index is 947. The number of carbonyl (C=O) groups excluding carboxylic acids is 2. The highest BCUT2D eigenvalue weighted by Gasteiger charge is 2.18. The van der Waals surface area contributed by atoms with Crippen molar-refractivity contribution >= 4 is 21.7 Å². The van der Waals surface area contributed by atoms with Crippen molar-refractivity contribution in [3.8, 4) is 11.1 Å². The van der Waals surface area contributed by atoms with Gasteiger partial charge in [-0.15, -0.1) is 0 Å². The molecule has 1 aromatic heterocycles. The topological polar surface area (TPSA) is 98.1 Å². The fourth-order valence-corrected chi connectivity index (χ4v) is 3.62. The molecule has 0 atom stereocenters. The van der Waals surface area contributed by atoms with E-state index in [9.17, 15) is 18.0 Å². The number of hydrogen-bond acceptors (Lipinski definition) is 5. The summed E-state index contributed by atoms with van der Waals surface area (Å²) >= 11 is 0. The summed E-state index contributed by atoms with van der Waals surface area (Å²) in [4.78, 5) is 23.6. The first kappa shape index (κ1) is 18.3. The summed E-state index contributed by atoms with van der Waals surface area (Å²) in [5.41, 5.74) is 3.76. The number of aromatic nitrogens is 2. The number of amides is 1. The van der Waals surface area contributed by atoms with Crippen LogP contribution in [0.15, 0.2) is 30.6 Å². The molecular formula is C18H21N3O4S. The van der Waals surface area contributed by atoms with Crippen LogP contribution in [0.2, 0.25) is 0 Å². The normalized spacial score (nSPS) is 14.1. The molecule has 2 aromatic rings. The number of sulfonamides is 1. The minimum Gasteiger partial charge on any atom is -0.294 e. The molecule has 138 valence electrons. The number of nitrogens with zero attached hydrogens (tertiary/aromatic N) is 2. The molecule has 0 spiro atoms. The van der Waals surface area contributed by atoms with E-state index in [0.717, 1.165) is 41.4 Å². The van der Waals surface area contributed by atoms with E-state index < -0.39 is 15.9 Å². The number of rotatable bonds is 6. The Morgan fingerprint density at radius 1 is 1.27 bits per heavy atom.